The minimum Gasteiger partial charge on any atom is -0.481 e. The number of rotatable bonds is 3. The van der Waals surface area contributed by atoms with Gasteiger partial charge in [0, 0.05) is 22.2 Å². The standard InChI is InChI=1S/C20H16ClN3O/c1-12-3-6-14(7-4-12)22-19-15-8-5-13(21)11-17(15)23-16-9-10-18(25-2)24-20(16)19/h3-11H,1-2H3,(H,22,23). The molecule has 0 fully saturated rings. The van der Waals surface area contributed by atoms with Crippen LogP contribution in [0.5, 0.6) is 5.88 Å². The van der Waals surface area contributed by atoms with E-state index in [0.29, 0.717) is 10.9 Å². The summed E-state index contributed by atoms with van der Waals surface area (Å²) >= 11 is 6.15. The topological polar surface area (TPSA) is 47.0 Å². The number of pyridine rings is 2. The lowest BCUT2D eigenvalue weighted by molar-refractivity contribution is 0.399. The highest BCUT2D eigenvalue weighted by Crippen LogP contribution is 2.34. The summed E-state index contributed by atoms with van der Waals surface area (Å²) in [4.78, 5) is 9.29. The van der Waals surface area contributed by atoms with E-state index in [9.17, 15) is 0 Å². The number of nitrogens with one attached hydrogen (secondary N) is 1. The van der Waals surface area contributed by atoms with Crippen LogP contribution < -0.4 is 10.1 Å². The molecule has 0 atom stereocenters. The van der Waals surface area contributed by atoms with Gasteiger partial charge in [-0.05, 0) is 43.3 Å². The maximum absolute atomic E-state index is 6.15. The smallest absolute Gasteiger partial charge is 0.213 e. The normalized spacial score (nSPS) is 11.0. The van der Waals surface area contributed by atoms with Crippen LogP contribution in [0.2, 0.25) is 5.02 Å². The number of ether oxygens (including phenoxy) is 1. The molecule has 0 aliphatic rings. The molecule has 4 nitrogen and oxygen atoms in total. The Hall–Kier alpha value is -2.85. The Balaban J connectivity index is 1.99. The van der Waals surface area contributed by atoms with Gasteiger partial charge in [0.15, 0.2) is 0 Å². The third-order valence-corrected chi connectivity index (χ3v) is 4.32. The number of hydrogen-bond acceptors (Lipinski definition) is 4. The molecule has 0 aliphatic carbocycles. The SMILES string of the molecule is COc1ccc2nc3cc(Cl)ccc3c(Nc3ccc(C)cc3)c2n1. The predicted octanol–water partition coefficient (Wildman–Crippen LogP) is 5.50. The number of halogens is 1. The molecule has 0 bridgehead atoms. The van der Waals surface area contributed by atoms with E-state index in [4.69, 9.17) is 16.3 Å². The number of methoxy groups -OCH3 is 1. The van der Waals surface area contributed by atoms with Gasteiger partial charge in [0.05, 0.1) is 23.8 Å². The Morgan fingerprint density at radius 1 is 0.920 bits per heavy atom. The number of aryl methyl sites for hydroxylation is 1. The summed E-state index contributed by atoms with van der Waals surface area (Å²) in [6.45, 7) is 2.06. The monoisotopic (exact) mass is 349 g/mol. The quantitative estimate of drug-likeness (QED) is 0.496. The number of benzene rings is 2. The van der Waals surface area contributed by atoms with Crippen molar-refractivity contribution in [1.82, 2.24) is 9.97 Å². The van der Waals surface area contributed by atoms with Gasteiger partial charge >= 0.3 is 0 Å². The molecule has 124 valence electrons. The average Bonchev–Trinajstić information content (AvgIpc) is 2.62. The fourth-order valence-electron chi connectivity index (χ4n) is 2.80. The summed E-state index contributed by atoms with van der Waals surface area (Å²) in [5.74, 6) is 0.551. The van der Waals surface area contributed by atoms with Gasteiger partial charge in [-0.2, -0.15) is 0 Å². The first kappa shape index (κ1) is 15.7. The number of fused-ring (bicyclic) bond motifs is 2. The van der Waals surface area contributed by atoms with Crippen molar-refractivity contribution in [3.8, 4) is 5.88 Å². The fraction of sp³-hybridized carbons (Fsp3) is 0.100. The average molecular weight is 350 g/mol. The second kappa shape index (κ2) is 6.22. The Labute approximate surface area is 150 Å². The van der Waals surface area contributed by atoms with Gasteiger partial charge in [0.2, 0.25) is 5.88 Å². The van der Waals surface area contributed by atoms with E-state index in [1.165, 1.54) is 5.56 Å². The fourth-order valence-corrected chi connectivity index (χ4v) is 2.96. The van der Waals surface area contributed by atoms with Gasteiger partial charge in [0.25, 0.3) is 0 Å². The van der Waals surface area contributed by atoms with Crippen LogP contribution in [0, 0.1) is 6.92 Å². The van der Waals surface area contributed by atoms with E-state index in [0.717, 1.165) is 33.3 Å². The van der Waals surface area contributed by atoms with Gasteiger partial charge in [-0.15, -0.1) is 0 Å². The highest BCUT2D eigenvalue weighted by atomic mass is 35.5. The molecule has 1 N–H and O–H groups in total. The molecule has 0 spiro atoms. The van der Waals surface area contributed by atoms with Crippen molar-refractivity contribution in [2.24, 2.45) is 0 Å². The molecule has 0 saturated heterocycles. The Morgan fingerprint density at radius 2 is 1.72 bits per heavy atom. The van der Waals surface area contributed by atoms with E-state index >= 15 is 0 Å². The van der Waals surface area contributed by atoms with Crippen LogP contribution in [-0.2, 0) is 0 Å². The summed E-state index contributed by atoms with van der Waals surface area (Å²) in [5, 5.41) is 5.10. The zero-order chi connectivity index (χ0) is 17.4. The molecule has 2 aromatic heterocycles. The number of hydrogen-bond donors (Lipinski definition) is 1. The molecule has 0 saturated carbocycles. The number of anilines is 2. The molecule has 2 aromatic carbocycles. The summed E-state index contributed by atoms with van der Waals surface area (Å²) in [5.41, 5.74) is 5.45. The summed E-state index contributed by atoms with van der Waals surface area (Å²) < 4.78 is 5.29. The highest BCUT2D eigenvalue weighted by Gasteiger charge is 2.12. The zero-order valence-corrected chi connectivity index (χ0v) is 14.6. The predicted molar refractivity (Wildman–Crippen MR) is 103 cm³/mol. The molecule has 25 heavy (non-hydrogen) atoms. The van der Waals surface area contributed by atoms with Crippen LogP contribution in [0.3, 0.4) is 0 Å². The molecule has 4 rings (SSSR count). The van der Waals surface area contributed by atoms with Crippen LogP contribution in [0.1, 0.15) is 5.56 Å². The van der Waals surface area contributed by atoms with Crippen molar-refractivity contribution >= 4 is 44.9 Å². The van der Waals surface area contributed by atoms with Crippen LogP contribution in [0.4, 0.5) is 11.4 Å². The maximum Gasteiger partial charge on any atom is 0.213 e. The third kappa shape index (κ3) is 2.96. The van der Waals surface area contributed by atoms with Gasteiger partial charge in [0.1, 0.15) is 5.52 Å². The molecule has 0 radical (unpaired) electrons. The van der Waals surface area contributed by atoms with Crippen molar-refractivity contribution in [3.63, 3.8) is 0 Å². The largest absolute Gasteiger partial charge is 0.481 e. The Morgan fingerprint density at radius 3 is 2.48 bits per heavy atom. The van der Waals surface area contributed by atoms with Crippen molar-refractivity contribution in [1.29, 1.82) is 0 Å². The maximum atomic E-state index is 6.15. The van der Waals surface area contributed by atoms with Gasteiger partial charge in [-0.25, -0.2) is 9.97 Å². The second-order valence-corrected chi connectivity index (χ2v) is 6.30. The zero-order valence-electron chi connectivity index (χ0n) is 13.9. The third-order valence-electron chi connectivity index (χ3n) is 4.09. The van der Waals surface area contributed by atoms with Crippen molar-refractivity contribution in [2.75, 3.05) is 12.4 Å². The molecule has 2 heterocycles. The molecular formula is C20H16ClN3O. The number of aromatic nitrogens is 2. The molecular weight excluding hydrogens is 334 g/mol. The summed E-state index contributed by atoms with van der Waals surface area (Å²) in [6.07, 6.45) is 0. The van der Waals surface area contributed by atoms with Gasteiger partial charge in [-0.1, -0.05) is 29.3 Å². The Bertz CT molecular complexity index is 1080. The first-order chi connectivity index (χ1) is 12.1. The van der Waals surface area contributed by atoms with Crippen molar-refractivity contribution in [3.05, 3.63) is 65.2 Å². The van der Waals surface area contributed by atoms with Crippen molar-refractivity contribution < 1.29 is 4.74 Å². The molecule has 0 unspecified atom stereocenters. The van der Waals surface area contributed by atoms with E-state index in [-0.39, 0.29) is 0 Å². The van der Waals surface area contributed by atoms with Crippen molar-refractivity contribution in [2.45, 2.75) is 6.92 Å². The lowest BCUT2D eigenvalue weighted by Crippen LogP contribution is -1.98. The molecule has 0 aliphatic heterocycles. The van der Waals surface area contributed by atoms with Gasteiger partial charge < -0.3 is 10.1 Å². The molecule has 5 heteroatoms. The lowest BCUT2D eigenvalue weighted by Gasteiger charge is -2.13. The summed E-state index contributed by atoms with van der Waals surface area (Å²) in [7, 11) is 1.61. The van der Waals surface area contributed by atoms with E-state index in [1.807, 2.05) is 36.4 Å². The minimum atomic E-state index is 0.551. The first-order valence-corrected chi connectivity index (χ1v) is 8.29. The highest BCUT2D eigenvalue weighted by molar-refractivity contribution is 6.31. The second-order valence-electron chi connectivity index (χ2n) is 5.86. The summed E-state index contributed by atoms with van der Waals surface area (Å²) in [6, 6.07) is 17.6. The minimum absolute atomic E-state index is 0.551. The van der Waals surface area contributed by atoms with Crippen LogP contribution in [0.25, 0.3) is 21.9 Å². The molecule has 0 amide bonds. The first-order valence-electron chi connectivity index (χ1n) is 7.92. The van der Waals surface area contributed by atoms with E-state index in [2.05, 4.69) is 34.3 Å². The Kier molecular flexibility index (Phi) is 3.90. The van der Waals surface area contributed by atoms with E-state index in [1.54, 1.807) is 13.2 Å². The van der Waals surface area contributed by atoms with E-state index < -0.39 is 0 Å². The van der Waals surface area contributed by atoms with Gasteiger partial charge in [-0.3, -0.25) is 0 Å². The van der Waals surface area contributed by atoms with Crippen LogP contribution in [0.15, 0.2) is 54.6 Å². The molecule has 4 aromatic rings. The van der Waals surface area contributed by atoms with Crippen LogP contribution >= 0.6 is 11.6 Å². The van der Waals surface area contributed by atoms with Crippen LogP contribution in [-0.4, -0.2) is 17.1 Å². The number of nitrogens with zero attached hydrogens (tertiary/aromatic N) is 2. The lowest BCUT2D eigenvalue weighted by atomic mass is 10.1.